The topological polar surface area (TPSA) is 123 Å². The molecule has 10 heteroatoms. The Hall–Kier alpha value is -3.55. The Bertz CT molecular complexity index is 1190. The zero-order valence-corrected chi connectivity index (χ0v) is 18.4. The van der Waals surface area contributed by atoms with Gasteiger partial charge in [-0.3, -0.25) is 19.7 Å². The normalized spacial score (nSPS) is 14.0. The Morgan fingerprint density at radius 3 is 2.41 bits per heavy atom. The Morgan fingerprint density at radius 2 is 1.81 bits per heavy atom. The van der Waals surface area contributed by atoms with Gasteiger partial charge in [-0.25, -0.2) is 4.98 Å². The van der Waals surface area contributed by atoms with E-state index in [-0.39, 0.29) is 11.8 Å². The molecule has 1 aliphatic rings. The monoisotopic (exact) mass is 466 g/mol. The largest absolute Gasteiger partial charge is 0.481 e. The number of nitrogens with zero attached hydrogens (tertiary/aromatic N) is 3. The number of carbonyl (C=O) groups excluding carboxylic acids is 2. The van der Waals surface area contributed by atoms with E-state index in [1.54, 1.807) is 29.2 Å². The quantitative estimate of drug-likeness (QED) is 0.587. The molecular weight excluding hydrogens is 448 g/mol. The summed E-state index contributed by atoms with van der Waals surface area (Å²) < 4.78 is 0. The van der Waals surface area contributed by atoms with Gasteiger partial charge in [0.05, 0.1) is 10.8 Å². The van der Waals surface area contributed by atoms with Crippen LogP contribution in [0.2, 0.25) is 0 Å². The molecule has 1 fully saturated rings. The van der Waals surface area contributed by atoms with E-state index in [0.717, 1.165) is 16.2 Å². The number of thiazole rings is 1. The summed E-state index contributed by atoms with van der Waals surface area (Å²) in [5.74, 6) is -1.79. The van der Waals surface area contributed by atoms with Crippen molar-refractivity contribution in [1.82, 2.24) is 9.88 Å². The fraction of sp³-hybridized carbons (Fsp3) is 0.227. The summed E-state index contributed by atoms with van der Waals surface area (Å²) in [5.41, 5.74) is 1.35. The average Bonchev–Trinajstić information content (AvgIpc) is 3.48. The summed E-state index contributed by atoms with van der Waals surface area (Å²) in [6.45, 7) is 0.797. The first-order valence-corrected chi connectivity index (χ1v) is 11.5. The number of rotatable bonds is 5. The van der Waals surface area contributed by atoms with Crippen molar-refractivity contribution in [3.8, 4) is 16.6 Å². The molecule has 0 aliphatic carbocycles. The molecule has 4 rings (SSSR count). The van der Waals surface area contributed by atoms with Crippen LogP contribution in [0.15, 0.2) is 41.8 Å². The number of piperidine rings is 1. The number of nitriles is 1. The molecule has 0 unspecified atom stereocenters. The van der Waals surface area contributed by atoms with Crippen LogP contribution in [0.3, 0.4) is 0 Å². The number of hydrogen-bond donors (Lipinski definition) is 2. The van der Waals surface area contributed by atoms with Crippen LogP contribution >= 0.6 is 22.7 Å². The van der Waals surface area contributed by atoms with Crippen LogP contribution in [0.1, 0.15) is 38.4 Å². The van der Waals surface area contributed by atoms with Gasteiger partial charge < -0.3 is 10.0 Å². The maximum atomic E-state index is 12.7. The van der Waals surface area contributed by atoms with E-state index in [1.807, 2.05) is 17.5 Å². The van der Waals surface area contributed by atoms with E-state index in [2.05, 4.69) is 16.4 Å². The third kappa shape index (κ3) is 4.54. The maximum Gasteiger partial charge on any atom is 0.306 e. The number of carbonyl (C=O) groups is 3. The number of aromatic nitrogens is 1. The number of carboxylic acid groups (broad SMARTS) is 1. The summed E-state index contributed by atoms with van der Waals surface area (Å²) in [6, 6.07) is 12.1. The lowest BCUT2D eigenvalue weighted by Crippen LogP contribution is -2.40. The first kappa shape index (κ1) is 21.7. The van der Waals surface area contributed by atoms with Gasteiger partial charge in [0.2, 0.25) is 0 Å². The Morgan fingerprint density at radius 1 is 1.12 bits per heavy atom. The van der Waals surface area contributed by atoms with Crippen LogP contribution in [0.25, 0.3) is 10.6 Å². The summed E-state index contributed by atoms with van der Waals surface area (Å²) >= 11 is 2.58. The lowest BCUT2D eigenvalue weighted by Gasteiger charge is -2.30. The van der Waals surface area contributed by atoms with Crippen LogP contribution < -0.4 is 5.32 Å². The number of thiophene rings is 1. The third-order valence-electron chi connectivity index (χ3n) is 5.23. The Labute approximate surface area is 191 Å². The van der Waals surface area contributed by atoms with Crippen molar-refractivity contribution >= 4 is 45.6 Å². The van der Waals surface area contributed by atoms with Gasteiger partial charge in [-0.05, 0) is 48.6 Å². The van der Waals surface area contributed by atoms with Gasteiger partial charge in [0.1, 0.15) is 16.6 Å². The number of nitrogens with one attached hydrogen (secondary N) is 1. The molecule has 0 bridgehead atoms. The predicted molar refractivity (Wildman–Crippen MR) is 121 cm³/mol. The second-order valence-corrected chi connectivity index (χ2v) is 9.17. The fourth-order valence-corrected chi connectivity index (χ4v) is 5.03. The molecule has 2 amide bonds. The Kier molecular flexibility index (Phi) is 6.30. The highest BCUT2D eigenvalue weighted by atomic mass is 32.1. The highest BCUT2D eigenvalue weighted by Crippen LogP contribution is 2.33. The minimum absolute atomic E-state index is 0.181. The van der Waals surface area contributed by atoms with Gasteiger partial charge in [-0.1, -0.05) is 17.4 Å². The van der Waals surface area contributed by atoms with Gasteiger partial charge in [-0.2, -0.15) is 5.26 Å². The minimum Gasteiger partial charge on any atom is -0.481 e. The molecule has 0 spiro atoms. The van der Waals surface area contributed by atoms with Crippen LogP contribution in [0.4, 0.5) is 5.13 Å². The molecule has 3 aromatic rings. The van der Waals surface area contributed by atoms with E-state index >= 15 is 0 Å². The molecule has 1 aromatic carbocycles. The van der Waals surface area contributed by atoms with Crippen LogP contribution in [-0.4, -0.2) is 45.9 Å². The summed E-state index contributed by atoms with van der Waals surface area (Å²) in [5, 5.41) is 23.4. The zero-order valence-electron chi connectivity index (χ0n) is 16.8. The molecule has 2 aromatic heterocycles. The number of amides is 2. The Balaban J connectivity index is 1.41. The van der Waals surface area contributed by atoms with Crippen molar-refractivity contribution in [2.45, 2.75) is 12.8 Å². The average molecular weight is 467 g/mol. The molecule has 8 nitrogen and oxygen atoms in total. The molecule has 0 atom stereocenters. The maximum absolute atomic E-state index is 12.7. The number of benzene rings is 1. The van der Waals surface area contributed by atoms with Gasteiger partial charge in [-0.15, -0.1) is 11.3 Å². The lowest BCUT2D eigenvalue weighted by molar-refractivity contribution is -0.143. The SMILES string of the molecule is N#Cc1sc(NC(=O)c2ccc(C(=O)N3CCC(C(=O)O)CC3)cc2)nc1-c1cccs1. The van der Waals surface area contributed by atoms with Gasteiger partial charge in [0.25, 0.3) is 11.8 Å². The van der Waals surface area contributed by atoms with Crippen molar-refractivity contribution in [3.63, 3.8) is 0 Å². The van der Waals surface area contributed by atoms with E-state index in [0.29, 0.717) is 52.8 Å². The highest BCUT2D eigenvalue weighted by molar-refractivity contribution is 7.18. The van der Waals surface area contributed by atoms with Gasteiger partial charge in [0, 0.05) is 24.2 Å². The summed E-state index contributed by atoms with van der Waals surface area (Å²) in [7, 11) is 0. The smallest absolute Gasteiger partial charge is 0.306 e. The molecule has 1 aliphatic heterocycles. The van der Waals surface area contributed by atoms with Gasteiger partial charge in [0.15, 0.2) is 5.13 Å². The predicted octanol–water partition coefficient (Wildman–Crippen LogP) is 3.93. The van der Waals surface area contributed by atoms with Crippen molar-refractivity contribution in [2.75, 3.05) is 18.4 Å². The number of aliphatic carboxylic acids is 1. The van der Waals surface area contributed by atoms with Crippen molar-refractivity contribution in [3.05, 3.63) is 57.8 Å². The lowest BCUT2D eigenvalue weighted by atomic mass is 9.96. The number of likely N-dealkylation sites (tertiary alicyclic amines) is 1. The first-order valence-electron chi connectivity index (χ1n) is 9.84. The van der Waals surface area contributed by atoms with Crippen molar-refractivity contribution in [2.24, 2.45) is 5.92 Å². The standard InChI is InChI=1S/C22H18N4O4S2/c23-12-17-18(16-2-1-11-31-16)24-22(32-17)25-19(27)13-3-5-14(6-4-13)20(28)26-9-7-15(8-10-26)21(29)30/h1-6,11,15H,7-10H2,(H,29,30)(H,24,25,27). The molecule has 0 radical (unpaired) electrons. The zero-order chi connectivity index (χ0) is 22.7. The molecule has 162 valence electrons. The number of anilines is 1. The molecule has 0 saturated carbocycles. The van der Waals surface area contributed by atoms with E-state index in [1.165, 1.54) is 11.3 Å². The van der Waals surface area contributed by atoms with E-state index < -0.39 is 11.9 Å². The fourth-order valence-electron chi connectivity index (χ4n) is 3.48. The van der Waals surface area contributed by atoms with Gasteiger partial charge >= 0.3 is 5.97 Å². The second-order valence-electron chi connectivity index (χ2n) is 7.22. The molecule has 2 N–H and O–H groups in total. The minimum atomic E-state index is -0.822. The summed E-state index contributed by atoms with van der Waals surface area (Å²) in [4.78, 5) is 43.7. The van der Waals surface area contributed by atoms with E-state index in [9.17, 15) is 19.6 Å². The van der Waals surface area contributed by atoms with E-state index in [4.69, 9.17) is 5.11 Å². The summed E-state index contributed by atoms with van der Waals surface area (Å²) in [6.07, 6.45) is 0.876. The van der Waals surface area contributed by atoms with Crippen molar-refractivity contribution < 1.29 is 19.5 Å². The highest BCUT2D eigenvalue weighted by Gasteiger charge is 2.27. The van der Waals surface area contributed by atoms with Crippen molar-refractivity contribution in [1.29, 1.82) is 5.26 Å². The third-order valence-corrected chi connectivity index (χ3v) is 6.98. The molecule has 3 heterocycles. The second kappa shape index (κ2) is 9.30. The van der Waals surface area contributed by atoms with Crippen LogP contribution in [0.5, 0.6) is 0 Å². The number of hydrogen-bond acceptors (Lipinski definition) is 7. The van der Waals surface area contributed by atoms with Crippen LogP contribution in [0, 0.1) is 17.2 Å². The molecule has 1 saturated heterocycles. The first-order chi connectivity index (χ1) is 15.5. The molecular formula is C22H18N4O4S2. The number of carboxylic acids is 1. The molecule has 32 heavy (non-hydrogen) atoms. The van der Waals surface area contributed by atoms with Crippen LogP contribution in [-0.2, 0) is 4.79 Å².